The van der Waals surface area contributed by atoms with Crippen LogP contribution in [0.1, 0.15) is 32.6 Å². The molecule has 0 aliphatic heterocycles. The van der Waals surface area contributed by atoms with Gasteiger partial charge in [-0.15, -0.1) is 0 Å². The molecule has 0 aliphatic rings. The van der Waals surface area contributed by atoms with Crippen LogP contribution in [-0.4, -0.2) is 5.11 Å². The third-order valence-corrected chi connectivity index (χ3v) is 1.63. The maximum absolute atomic E-state index is 9.65. The molecule has 1 atom stereocenters. The molecule has 0 unspecified atom stereocenters. The smallest absolute Gasteiger partial charge is 0.132 e. The molecule has 0 amide bonds. The Balaban J connectivity index is 2.78. The number of rotatable bonds is 1. The van der Waals surface area contributed by atoms with Crippen molar-refractivity contribution in [2.24, 2.45) is 5.41 Å². The molecule has 1 N–H and O–H groups in total. The Hall–Kier alpha value is -0.760. The molecule has 0 radical (unpaired) electrons. The summed E-state index contributed by atoms with van der Waals surface area (Å²) >= 11 is 0. The van der Waals surface area contributed by atoms with Crippen molar-refractivity contribution in [2.75, 3.05) is 0 Å². The average molecular weight is 154 g/mol. The summed E-state index contributed by atoms with van der Waals surface area (Å²) in [6.07, 6.45) is 1.06. The molecule has 1 aromatic rings. The van der Waals surface area contributed by atoms with Gasteiger partial charge in [0.2, 0.25) is 0 Å². The highest BCUT2D eigenvalue weighted by molar-refractivity contribution is 5.04. The van der Waals surface area contributed by atoms with Gasteiger partial charge in [0.25, 0.3) is 0 Å². The van der Waals surface area contributed by atoms with E-state index in [0.717, 1.165) is 0 Å². The van der Waals surface area contributed by atoms with E-state index in [0.29, 0.717) is 5.76 Å². The highest BCUT2D eigenvalue weighted by atomic mass is 16.4. The van der Waals surface area contributed by atoms with Crippen molar-refractivity contribution in [1.29, 1.82) is 0 Å². The van der Waals surface area contributed by atoms with Crippen LogP contribution >= 0.6 is 0 Å². The summed E-state index contributed by atoms with van der Waals surface area (Å²) in [5, 5.41) is 9.65. The van der Waals surface area contributed by atoms with Gasteiger partial charge in [-0.3, -0.25) is 0 Å². The molecule has 1 rings (SSSR count). The molecule has 2 nitrogen and oxygen atoms in total. The van der Waals surface area contributed by atoms with Crippen molar-refractivity contribution < 1.29 is 9.52 Å². The Labute approximate surface area is 66.8 Å². The van der Waals surface area contributed by atoms with Crippen LogP contribution in [0.5, 0.6) is 0 Å². The van der Waals surface area contributed by atoms with E-state index in [1.165, 1.54) is 0 Å². The summed E-state index contributed by atoms with van der Waals surface area (Å²) in [5.41, 5.74) is -0.155. The molecular weight excluding hydrogens is 140 g/mol. The molecule has 1 aromatic heterocycles. The quantitative estimate of drug-likeness (QED) is 0.673. The predicted molar refractivity (Wildman–Crippen MR) is 43.1 cm³/mol. The van der Waals surface area contributed by atoms with E-state index in [2.05, 4.69) is 0 Å². The van der Waals surface area contributed by atoms with Gasteiger partial charge in [0.15, 0.2) is 0 Å². The SMILES string of the molecule is CC(C)(C)[C@H](O)c1ccco1. The summed E-state index contributed by atoms with van der Waals surface area (Å²) in [4.78, 5) is 0. The molecule has 0 saturated carbocycles. The third kappa shape index (κ3) is 1.84. The van der Waals surface area contributed by atoms with Crippen LogP contribution in [0.4, 0.5) is 0 Å². The lowest BCUT2D eigenvalue weighted by Gasteiger charge is -2.23. The molecule has 0 bridgehead atoms. The summed E-state index contributed by atoms with van der Waals surface area (Å²) in [5.74, 6) is 0.637. The first-order chi connectivity index (χ1) is 5.02. The van der Waals surface area contributed by atoms with Crippen molar-refractivity contribution in [1.82, 2.24) is 0 Å². The zero-order valence-corrected chi connectivity index (χ0v) is 7.16. The second kappa shape index (κ2) is 2.70. The number of hydrogen-bond donors (Lipinski definition) is 1. The Kier molecular flexibility index (Phi) is 2.05. The van der Waals surface area contributed by atoms with E-state index >= 15 is 0 Å². The minimum Gasteiger partial charge on any atom is -0.467 e. The molecule has 1 heterocycles. The van der Waals surface area contributed by atoms with Gasteiger partial charge < -0.3 is 9.52 Å². The second-order valence-corrected chi connectivity index (χ2v) is 3.78. The molecule has 0 fully saturated rings. The van der Waals surface area contributed by atoms with Gasteiger partial charge in [-0.05, 0) is 17.5 Å². The van der Waals surface area contributed by atoms with Crippen molar-refractivity contribution in [3.05, 3.63) is 24.2 Å². The van der Waals surface area contributed by atoms with E-state index < -0.39 is 6.10 Å². The first kappa shape index (κ1) is 8.34. The molecule has 11 heavy (non-hydrogen) atoms. The normalized spacial score (nSPS) is 14.9. The maximum Gasteiger partial charge on any atom is 0.132 e. The lowest BCUT2D eigenvalue weighted by molar-refractivity contribution is 0.0434. The molecule has 2 heteroatoms. The van der Waals surface area contributed by atoms with Crippen LogP contribution in [0.2, 0.25) is 0 Å². The predicted octanol–water partition coefficient (Wildman–Crippen LogP) is 2.36. The highest BCUT2D eigenvalue weighted by Crippen LogP contribution is 2.32. The topological polar surface area (TPSA) is 33.4 Å². The van der Waals surface area contributed by atoms with Gasteiger partial charge in [-0.25, -0.2) is 0 Å². The van der Waals surface area contributed by atoms with E-state index in [-0.39, 0.29) is 5.41 Å². The van der Waals surface area contributed by atoms with Crippen molar-refractivity contribution in [3.8, 4) is 0 Å². The van der Waals surface area contributed by atoms with Gasteiger partial charge in [-0.2, -0.15) is 0 Å². The zero-order chi connectivity index (χ0) is 8.48. The molecular formula is C9H14O2. The Bertz CT molecular complexity index is 206. The number of furan rings is 1. The monoisotopic (exact) mass is 154 g/mol. The Morgan fingerprint density at radius 2 is 2.09 bits per heavy atom. The van der Waals surface area contributed by atoms with Crippen LogP contribution in [0.25, 0.3) is 0 Å². The van der Waals surface area contributed by atoms with Crippen molar-refractivity contribution in [3.63, 3.8) is 0 Å². The fourth-order valence-corrected chi connectivity index (χ4v) is 0.874. The van der Waals surface area contributed by atoms with Crippen LogP contribution in [0.15, 0.2) is 22.8 Å². The summed E-state index contributed by atoms with van der Waals surface area (Å²) in [6, 6.07) is 3.57. The minimum atomic E-state index is -0.516. The Morgan fingerprint density at radius 1 is 1.45 bits per heavy atom. The van der Waals surface area contributed by atoms with E-state index in [4.69, 9.17) is 4.42 Å². The zero-order valence-electron chi connectivity index (χ0n) is 7.16. The first-order valence-electron chi connectivity index (χ1n) is 3.73. The largest absolute Gasteiger partial charge is 0.467 e. The molecule has 0 spiro atoms. The number of hydrogen-bond acceptors (Lipinski definition) is 2. The standard InChI is InChI=1S/C9H14O2/c1-9(2,3)8(10)7-5-4-6-11-7/h4-6,8,10H,1-3H3/t8-/m1/s1. The Morgan fingerprint density at radius 3 is 2.45 bits per heavy atom. The second-order valence-electron chi connectivity index (χ2n) is 3.78. The fourth-order valence-electron chi connectivity index (χ4n) is 0.874. The van der Waals surface area contributed by atoms with Crippen LogP contribution in [0, 0.1) is 5.41 Å². The fraction of sp³-hybridized carbons (Fsp3) is 0.556. The van der Waals surface area contributed by atoms with Gasteiger partial charge in [-0.1, -0.05) is 20.8 Å². The molecule has 62 valence electrons. The van der Waals surface area contributed by atoms with Crippen LogP contribution in [0.3, 0.4) is 0 Å². The van der Waals surface area contributed by atoms with E-state index in [1.54, 1.807) is 18.4 Å². The highest BCUT2D eigenvalue weighted by Gasteiger charge is 2.25. The van der Waals surface area contributed by atoms with E-state index in [1.807, 2.05) is 20.8 Å². The molecule has 0 aromatic carbocycles. The lowest BCUT2D eigenvalue weighted by atomic mass is 9.88. The van der Waals surface area contributed by atoms with Crippen LogP contribution in [-0.2, 0) is 0 Å². The minimum absolute atomic E-state index is 0.155. The summed E-state index contributed by atoms with van der Waals surface area (Å²) < 4.78 is 5.07. The van der Waals surface area contributed by atoms with Crippen molar-refractivity contribution in [2.45, 2.75) is 26.9 Å². The third-order valence-electron chi connectivity index (χ3n) is 1.63. The first-order valence-corrected chi connectivity index (χ1v) is 3.73. The van der Waals surface area contributed by atoms with Gasteiger partial charge in [0.1, 0.15) is 11.9 Å². The summed E-state index contributed by atoms with van der Waals surface area (Å²) in [6.45, 7) is 5.92. The van der Waals surface area contributed by atoms with Crippen molar-refractivity contribution >= 4 is 0 Å². The van der Waals surface area contributed by atoms with E-state index in [9.17, 15) is 5.11 Å². The number of aliphatic hydroxyl groups is 1. The number of aliphatic hydroxyl groups excluding tert-OH is 1. The van der Waals surface area contributed by atoms with Gasteiger partial charge in [0.05, 0.1) is 6.26 Å². The van der Waals surface area contributed by atoms with Gasteiger partial charge in [0, 0.05) is 0 Å². The molecule has 0 aliphatic carbocycles. The summed E-state index contributed by atoms with van der Waals surface area (Å²) in [7, 11) is 0. The van der Waals surface area contributed by atoms with Gasteiger partial charge >= 0.3 is 0 Å². The lowest BCUT2D eigenvalue weighted by Crippen LogP contribution is -2.16. The maximum atomic E-state index is 9.65. The average Bonchev–Trinajstić information content (AvgIpc) is 2.34. The molecule has 0 saturated heterocycles. The van der Waals surface area contributed by atoms with Crippen LogP contribution < -0.4 is 0 Å².